The fourth-order valence-corrected chi connectivity index (χ4v) is 2.82. The number of nitrogens with two attached hydrogens (primary N) is 1. The molecule has 5 nitrogen and oxygen atoms in total. The van der Waals surface area contributed by atoms with Crippen LogP contribution in [-0.2, 0) is 6.54 Å². The van der Waals surface area contributed by atoms with E-state index in [1.54, 1.807) is 6.20 Å². The first-order chi connectivity index (χ1) is 9.67. The Morgan fingerprint density at radius 2 is 2.15 bits per heavy atom. The number of rotatable bonds is 5. The van der Waals surface area contributed by atoms with E-state index in [0.29, 0.717) is 17.5 Å². The van der Waals surface area contributed by atoms with Crippen LogP contribution in [0, 0.1) is 5.92 Å². The van der Waals surface area contributed by atoms with E-state index in [0.717, 1.165) is 51.0 Å². The van der Waals surface area contributed by atoms with Crippen LogP contribution in [0.2, 0.25) is 5.02 Å². The molecule has 1 aliphatic heterocycles. The van der Waals surface area contributed by atoms with Gasteiger partial charge in [0.05, 0.1) is 11.9 Å². The first-order valence-electron chi connectivity index (χ1n) is 7.38. The zero-order valence-corrected chi connectivity index (χ0v) is 12.8. The molecular weight excluding hydrogens is 276 g/mol. The van der Waals surface area contributed by atoms with Gasteiger partial charge in [-0.15, -0.1) is 0 Å². The van der Waals surface area contributed by atoms with E-state index in [-0.39, 0.29) is 5.56 Å². The molecule has 112 valence electrons. The van der Waals surface area contributed by atoms with E-state index in [4.69, 9.17) is 17.3 Å². The third-order valence-corrected chi connectivity index (χ3v) is 4.33. The highest BCUT2D eigenvalue weighted by Gasteiger charge is 2.21. The van der Waals surface area contributed by atoms with E-state index in [2.05, 4.69) is 16.9 Å². The minimum Gasteiger partial charge on any atom is -0.369 e. The Morgan fingerprint density at radius 3 is 2.75 bits per heavy atom. The lowest BCUT2D eigenvalue weighted by atomic mass is 9.97. The monoisotopic (exact) mass is 298 g/mol. The zero-order chi connectivity index (χ0) is 14.5. The second-order valence-corrected chi connectivity index (χ2v) is 5.77. The SMILES string of the molecule is CCCCn1ncc(N2CCC(CN)CC2)c(Cl)c1=O. The molecule has 0 aliphatic carbocycles. The van der Waals surface area contributed by atoms with Crippen LogP contribution in [0.25, 0.3) is 0 Å². The van der Waals surface area contributed by atoms with Crippen molar-refractivity contribution in [3.05, 3.63) is 21.6 Å². The lowest BCUT2D eigenvalue weighted by molar-refractivity contribution is 0.413. The van der Waals surface area contributed by atoms with Crippen LogP contribution in [0.1, 0.15) is 32.6 Å². The zero-order valence-electron chi connectivity index (χ0n) is 12.0. The average Bonchev–Trinajstić information content (AvgIpc) is 2.49. The molecule has 1 aliphatic rings. The summed E-state index contributed by atoms with van der Waals surface area (Å²) in [6, 6.07) is 0. The van der Waals surface area contributed by atoms with Gasteiger partial charge < -0.3 is 10.6 Å². The fraction of sp³-hybridized carbons (Fsp3) is 0.714. The van der Waals surface area contributed by atoms with E-state index < -0.39 is 0 Å². The number of hydrogen-bond donors (Lipinski definition) is 1. The quantitative estimate of drug-likeness (QED) is 0.901. The standard InChI is InChI=1S/C14H23ClN4O/c1-2-3-6-19-14(20)13(15)12(10-17-19)18-7-4-11(9-16)5-8-18/h10-11H,2-9,16H2,1H3. The predicted octanol–water partition coefficient (Wildman–Crippen LogP) is 1.87. The normalized spacial score (nSPS) is 16.6. The highest BCUT2D eigenvalue weighted by Crippen LogP contribution is 2.26. The van der Waals surface area contributed by atoms with Gasteiger partial charge in [0.15, 0.2) is 0 Å². The molecule has 6 heteroatoms. The molecule has 1 fully saturated rings. The van der Waals surface area contributed by atoms with E-state index in [9.17, 15) is 4.79 Å². The van der Waals surface area contributed by atoms with Crippen LogP contribution in [0.5, 0.6) is 0 Å². The number of nitrogens with zero attached hydrogens (tertiary/aromatic N) is 3. The van der Waals surface area contributed by atoms with Gasteiger partial charge in [-0.3, -0.25) is 4.79 Å². The van der Waals surface area contributed by atoms with Crippen molar-refractivity contribution in [2.24, 2.45) is 11.7 Å². The molecule has 2 rings (SSSR count). The molecule has 1 saturated heterocycles. The van der Waals surface area contributed by atoms with Gasteiger partial charge in [-0.05, 0) is 31.7 Å². The minimum atomic E-state index is -0.182. The maximum Gasteiger partial charge on any atom is 0.287 e. The molecular formula is C14H23ClN4O. The molecule has 0 aromatic carbocycles. The lowest BCUT2D eigenvalue weighted by Crippen LogP contribution is -2.37. The molecule has 20 heavy (non-hydrogen) atoms. The third kappa shape index (κ3) is 3.33. The third-order valence-electron chi connectivity index (χ3n) is 3.98. The maximum absolute atomic E-state index is 12.2. The van der Waals surface area contributed by atoms with Gasteiger partial charge in [-0.1, -0.05) is 24.9 Å². The Kier molecular flexibility index (Phi) is 5.43. The Morgan fingerprint density at radius 1 is 1.45 bits per heavy atom. The van der Waals surface area contributed by atoms with Gasteiger partial charge in [0, 0.05) is 19.6 Å². The molecule has 1 aromatic rings. The molecule has 1 aromatic heterocycles. The maximum atomic E-state index is 12.2. The van der Waals surface area contributed by atoms with Crippen LogP contribution in [0.15, 0.2) is 11.0 Å². The van der Waals surface area contributed by atoms with Gasteiger partial charge in [0.2, 0.25) is 0 Å². The predicted molar refractivity (Wildman–Crippen MR) is 82.4 cm³/mol. The van der Waals surface area contributed by atoms with Crippen molar-refractivity contribution >= 4 is 17.3 Å². The van der Waals surface area contributed by atoms with E-state index >= 15 is 0 Å². The lowest BCUT2D eigenvalue weighted by Gasteiger charge is -2.33. The Hall–Kier alpha value is -1.07. The van der Waals surface area contributed by atoms with Crippen molar-refractivity contribution in [2.75, 3.05) is 24.5 Å². The summed E-state index contributed by atoms with van der Waals surface area (Å²) in [5, 5.41) is 4.54. The fourth-order valence-electron chi connectivity index (χ4n) is 2.55. The van der Waals surface area contributed by atoms with Crippen molar-refractivity contribution in [1.82, 2.24) is 9.78 Å². The van der Waals surface area contributed by atoms with Crippen LogP contribution >= 0.6 is 11.6 Å². The summed E-state index contributed by atoms with van der Waals surface area (Å²) < 4.78 is 1.46. The van der Waals surface area contributed by atoms with Gasteiger partial charge in [-0.25, -0.2) is 4.68 Å². The first kappa shape index (κ1) is 15.3. The second-order valence-electron chi connectivity index (χ2n) is 5.39. The number of halogens is 1. The van der Waals surface area contributed by atoms with E-state index in [1.807, 2.05) is 0 Å². The summed E-state index contributed by atoms with van der Waals surface area (Å²) >= 11 is 6.24. The molecule has 0 spiro atoms. The number of aryl methyl sites for hydroxylation is 1. The van der Waals surface area contributed by atoms with Gasteiger partial charge >= 0.3 is 0 Å². The number of hydrogen-bond acceptors (Lipinski definition) is 4. The van der Waals surface area contributed by atoms with Crippen molar-refractivity contribution in [2.45, 2.75) is 39.2 Å². The largest absolute Gasteiger partial charge is 0.369 e. The van der Waals surface area contributed by atoms with Crippen molar-refractivity contribution in [3.8, 4) is 0 Å². The van der Waals surface area contributed by atoms with Gasteiger partial charge in [0.25, 0.3) is 5.56 Å². The van der Waals surface area contributed by atoms with Gasteiger partial charge in [-0.2, -0.15) is 5.10 Å². The highest BCUT2D eigenvalue weighted by atomic mass is 35.5. The molecule has 0 atom stereocenters. The smallest absolute Gasteiger partial charge is 0.287 e. The second kappa shape index (κ2) is 7.09. The summed E-state index contributed by atoms with van der Waals surface area (Å²) in [6.07, 6.45) is 5.78. The molecule has 0 amide bonds. The Balaban J connectivity index is 2.13. The topological polar surface area (TPSA) is 64.2 Å². The minimum absolute atomic E-state index is 0.182. The number of unbranched alkanes of at least 4 members (excludes halogenated alkanes) is 1. The van der Waals surface area contributed by atoms with Crippen LogP contribution in [0.4, 0.5) is 5.69 Å². The molecule has 2 N–H and O–H groups in total. The number of anilines is 1. The van der Waals surface area contributed by atoms with Crippen LogP contribution in [0.3, 0.4) is 0 Å². The van der Waals surface area contributed by atoms with Crippen LogP contribution < -0.4 is 16.2 Å². The average molecular weight is 299 g/mol. The summed E-state index contributed by atoms with van der Waals surface area (Å²) in [7, 11) is 0. The summed E-state index contributed by atoms with van der Waals surface area (Å²) in [5.74, 6) is 0.586. The molecule has 0 saturated carbocycles. The van der Waals surface area contributed by atoms with Crippen molar-refractivity contribution in [1.29, 1.82) is 0 Å². The van der Waals surface area contributed by atoms with Crippen molar-refractivity contribution in [3.63, 3.8) is 0 Å². The molecule has 0 radical (unpaired) electrons. The van der Waals surface area contributed by atoms with Gasteiger partial charge in [0.1, 0.15) is 5.02 Å². The highest BCUT2D eigenvalue weighted by molar-refractivity contribution is 6.33. The summed E-state index contributed by atoms with van der Waals surface area (Å²) in [5.41, 5.74) is 6.28. The van der Waals surface area contributed by atoms with Crippen LogP contribution in [-0.4, -0.2) is 29.4 Å². The van der Waals surface area contributed by atoms with E-state index in [1.165, 1.54) is 4.68 Å². The summed E-state index contributed by atoms with van der Waals surface area (Å²) in [6.45, 7) is 5.23. The Labute approximate surface area is 124 Å². The summed E-state index contributed by atoms with van der Waals surface area (Å²) in [4.78, 5) is 14.3. The first-order valence-corrected chi connectivity index (χ1v) is 7.75. The van der Waals surface area contributed by atoms with Crippen molar-refractivity contribution < 1.29 is 0 Å². The Bertz CT molecular complexity index is 494. The number of piperidine rings is 1. The number of aromatic nitrogens is 2. The molecule has 0 unspecified atom stereocenters. The molecule has 2 heterocycles. The molecule has 0 bridgehead atoms.